The maximum absolute atomic E-state index is 5.81. The number of aliphatic imine (C=N–C) groups is 1. The summed E-state index contributed by atoms with van der Waals surface area (Å²) < 4.78 is 17.3. The molecule has 0 aromatic heterocycles. The first kappa shape index (κ1) is 24.3. The Morgan fingerprint density at radius 1 is 1.03 bits per heavy atom. The molecule has 2 aromatic carbocycles. The number of benzene rings is 2. The highest BCUT2D eigenvalue weighted by Gasteiger charge is 2.11. The van der Waals surface area contributed by atoms with Crippen molar-refractivity contribution >= 4 is 29.9 Å². The van der Waals surface area contributed by atoms with Gasteiger partial charge in [-0.3, -0.25) is 4.99 Å². The van der Waals surface area contributed by atoms with Crippen LogP contribution in [-0.4, -0.2) is 39.4 Å². The van der Waals surface area contributed by atoms with Crippen molar-refractivity contribution in [1.82, 2.24) is 10.6 Å². The van der Waals surface area contributed by atoms with Crippen LogP contribution in [0.3, 0.4) is 0 Å². The average Bonchev–Trinajstić information content (AvgIpc) is 2.99. The fourth-order valence-corrected chi connectivity index (χ4v) is 3.01. The molecule has 30 heavy (non-hydrogen) atoms. The first-order chi connectivity index (χ1) is 14.2. The average molecular weight is 525 g/mol. The van der Waals surface area contributed by atoms with Crippen molar-refractivity contribution in [1.29, 1.82) is 0 Å². The minimum atomic E-state index is 0. The zero-order chi connectivity index (χ0) is 20.3. The largest absolute Gasteiger partial charge is 0.490 e. The van der Waals surface area contributed by atoms with E-state index in [0.717, 1.165) is 36.0 Å². The molecule has 0 fully saturated rings. The van der Waals surface area contributed by atoms with E-state index in [-0.39, 0.29) is 24.0 Å². The molecule has 6 nitrogen and oxygen atoms in total. The zero-order valence-electron chi connectivity index (χ0n) is 17.7. The highest BCUT2D eigenvalue weighted by atomic mass is 127. The van der Waals surface area contributed by atoms with Gasteiger partial charge in [-0.25, -0.2) is 0 Å². The van der Waals surface area contributed by atoms with Crippen LogP contribution in [0.2, 0.25) is 0 Å². The van der Waals surface area contributed by atoms with E-state index in [1.54, 1.807) is 7.05 Å². The van der Waals surface area contributed by atoms with Crippen molar-refractivity contribution in [2.24, 2.45) is 10.9 Å². The second-order valence-corrected chi connectivity index (χ2v) is 7.24. The lowest BCUT2D eigenvalue weighted by atomic mass is 10.2. The van der Waals surface area contributed by atoms with E-state index in [2.05, 4.69) is 34.7 Å². The lowest BCUT2D eigenvalue weighted by Gasteiger charge is -2.17. The smallest absolute Gasteiger partial charge is 0.191 e. The van der Waals surface area contributed by atoms with Crippen molar-refractivity contribution in [3.8, 4) is 11.5 Å². The fraction of sp³-hybridized carbons (Fsp3) is 0.435. The quantitative estimate of drug-likeness (QED) is 0.310. The Hall–Kier alpha value is -2.00. The van der Waals surface area contributed by atoms with Crippen molar-refractivity contribution in [2.45, 2.75) is 26.5 Å². The number of nitrogens with zero attached hydrogens (tertiary/aromatic N) is 1. The Balaban J connectivity index is 0.00000320. The standard InChI is InChI=1S/C23H31N3O3.HI/c1-18(16-27-17-19-7-4-3-5-8-19)14-25-23(24-2)26-15-20-9-10-21-22(13-20)29-12-6-11-28-21;/h3-5,7-10,13,18H,6,11-12,14-17H2,1-2H3,(H2,24,25,26);1H. The van der Waals surface area contributed by atoms with Gasteiger partial charge in [0.25, 0.3) is 0 Å². The van der Waals surface area contributed by atoms with Gasteiger partial charge in [-0.15, -0.1) is 24.0 Å². The normalized spacial score (nSPS) is 14.3. The van der Waals surface area contributed by atoms with Crippen LogP contribution in [0.4, 0.5) is 0 Å². The lowest BCUT2D eigenvalue weighted by molar-refractivity contribution is 0.0931. The first-order valence-corrected chi connectivity index (χ1v) is 10.2. The summed E-state index contributed by atoms with van der Waals surface area (Å²) in [5.74, 6) is 2.77. The Bertz CT molecular complexity index is 787. The van der Waals surface area contributed by atoms with E-state index in [1.807, 2.05) is 36.4 Å². The molecule has 0 saturated carbocycles. The van der Waals surface area contributed by atoms with Crippen LogP contribution in [0.1, 0.15) is 24.5 Å². The Morgan fingerprint density at radius 3 is 2.57 bits per heavy atom. The summed E-state index contributed by atoms with van der Waals surface area (Å²) in [7, 11) is 1.78. The fourth-order valence-electron chi connectivity index (χ4n) is 3.01. The maximum atomic E-state index is 5.81. The van der Waals surface area contributed by atoms with Gasteiger partial charge in [0.15, 0.2) is 17.5 Å². The Kier molecular flexibility index (Phi) is 10.8. The first-order valence-electron chi connectivity index (χ1n) is 10.2. The van der Waals surface area contributed by atoms with Crippen molar-refractivity contribution in [3.05, 3.63) is 59.7 Å². The van der Waals surface area contributed by atoms with Gasteiger partial charge in [0.1, 0.15) is 0 Å². The molecule has 0 spiro atoms. The molecule has 2 aromatic rings. The molecule has 1 aliphatic rings. The third-order valence-electron chi connectivity index (χ3n) is 4.63. The van der Waals surface area contributed by atoms with Crippen molar-refractivity contribution in [3.63, 3.8) is 0 Å². The molecule has 7 heteroatoms. The predicted molar refractivity (Wildman–Crippen MR) is 131 cm³/mol. The van der Waals surface area contributed by atoms with E-state index in [0.29, 0.717) is 38.9 Å². The summed E-state index contributed by atoms with van der Waals surface area (Å²) in [6.07, 6.45) is 0.909. The third-order valence-corrected chi connectivity index (χ3v) is 4.63. The molecule has 2 N–H and O–H groups in total. The van der Waals surface area contributed by atoms with Crippen LogP contribution in [0.25, 0.3) is 0 Å². The Labute approximate surface area is 196 Å². The minimum Gasteiger partial charge on any atom is -0.490 e. The molecule has 0 aliphatic carbocycles. The third kappa shape index (κ3) is 8.02. The van der Waals surface area contributed by atoms with Gasteiger partial charge in [-0.05, 0) is 29.2 Å². The van der Waals surface area contributed by atoms with E-state index in [9.17, 15) is 0 Å². The lowest BCUT2D eigenvalue weighted by Crippen LogP contribution is -2.39. The van der Waals surface area contributed by atoms with Crippen LogP contribution in [-0.2, 0) is 17.9 Å². The molecule has 0 amide bonds. The molecule has 1 unspecified atom stereocenters. The second-order valence-electron chi connectivity index (χ2n) is 7.24. The van der Waals surface area contributed by atoms with Crippen LogP contribution in [0, 0.1) is 5.92 Å². The number of hydrogen-bond donors (Lipinski definition) is 2. The van der Waals surface area contributed by atoms with E-state index >= 15 is 0 Å². The highest BCUT2D eigenvalue weighted by Crippen LogP contribution is 2.30. The van der Waals surface area contributed by atoms with Gasteiger partial charge in [0.05, 0.1) is 26.4 Å². The number of guanidine groups is 1. The van der Waals surface area contributed by atoms with Crippen LogP contribution in [0.15, 0.2) is 53.5 Å². The maximum Gasteiger partial charge on any atom is 0.191 e. The zero-order valence-corrected chi connectivity index (χ0v) is 20.1. The molecular formula is C23H32IN3O3. The van der Waals surface area contributed by atoms with Crippen molar-refractivity contribution in [2.75, 3.05) is 33.4 Å². The Morgan fingerprint density at radius 2 is 1.80 bits per heavy atom. The van der Waals surface area contributed by atoms with Gasteiger partial charge < -0.3 is 24.8 Å². The van der Waals surface area contributed by atoms with Crippen LogP contribution in [0.5, 0.6) is 11.5 Å². The number of fused-ring (bicyclic) bond motifs is 1. The summed E-state index contributed by atoms with van der Waals surface area (Å²) in [5.41, 5.74) is 2.32. The highest BCUT2D eigenvalue weighted by molar-refractivity contribution is 14.0. The number of ether oxygens (including phenoxy) is 3. The number of hydrogen-bond acceptors (Lipinski definition) is 4. The summed E-state index contributed by atoms with van der Waals surface area (Å²) in [6.45, 7) is 6.34. The van der Waals surface area contributed by atoms with E-state index in [1.165, 1.54) is 5.56 Å². The van der Waals surface area contributed by atoms with Gasteiger partial charge in [0.2, 0.25) is 0 Å². The number of rotatable bonds is 8. The molecule has 0 bridgehead atoms. The summed E-state index contributed by atoms with van der Waals surface area (Å²) in [5, 5.41) is 6.71. The summed E-state index contributed by atoms with van der Waals surface area (Å²) in [6, 6.07) is 16.3. The number of nitrogens with one attached hydrogen (secondary N) is 2. The van der Waals surface area contributed by atoms with Gasteiger partial charge in [-0.1, -0.05) is 43.3 Å². The molecule has 3 rings (SSSR count). The molecular weight excluding hydrogens is 493 g/mol. The number of halogens is 1. The molecule has 1 aliphatic heterocycles. The minimum absolute atomic E-state index is 0. The molecule has 164 valence electrons. The summed E-state index contributed by atoms with van der Waals surface area (Å²) >= 11 is 0. The van der Waals surface area contributed by atoms with Gasteiger partial charge in [-0.2, -0.15) is 0 Å². The SMILES string of the molecule is CN=C(NCc1ccc2c(c1)OCCCO2)NCC(C)COCc1ccccc1.I. The van der Waals surface area contributed by atoms with Crippen LogP contribution >= 0.6 is 24.0 Å². The van der Waals surface area contributed by atoms with Gasteiger partial charge in [0, 0.05) is 26.6 Å². The second kappa shape index (κ2) is 13.3. The molecule has 1 heterocycles. The van der Waals surface area contributed by atoms with E-state index < -0.39 is 0 Å². The molecule has 0 radical (unpaired) electrons. The van der Waals surface area contributed by atoms with Gasteiger partial charge >= 0.3 is 0 Å². The van der Waals surface area contributed by atoms with Crippen molar-refractivity contribution < 1.29 is 14.2 Å². The monoisotopic (exact) mass is 525 g/mol. The molecule has 0 saturated heterocycles. The van der Waals surface area contributed by atoms with Crippen LogP contribution < -0.4 is 20.1 Å². The topological polar surface area (TPSA) is 64.1 Å². The molecule has 1 atom stereocenters. The summed E-state index contributed by atoms with van der Waals surface area (Å²) in [4.78, 5) is 4.30. The van der Waals surface area contributed by atoms with E-state index in [4.69, 9.17) is 14.2 Å². The predicted octanol–water partition coefficient (Wildman–Crippen LogP) is 3.98.